The van der Waals surface area contributed by atoms with Crippen molar-refractivity contribution < 1.29 is 53.7 Å². The van der Waals surface area contributed by atoms with Crippen molar-refractivity contribution >= 4 is 117 Å². The van der Waals surface area contributed by atoms with Crippen molar-refractivity contribution in [3.63, 3.8) is 0 Å². The number of benzene rings is 4. The van der Waals surface area contributed by atoms with Gasteiger partial charge in [0.25, 0.3) is 24.0 Å². The van der Waals surface area contributed by atoms with E-state index in [2.05, 4.69) is 66.9 Å². The van der Waals surface area contributed by atoms with Crippen molar-refractivity contribution in [2.75, 3.05) is 7.11 Å². The first-order valence-corrected chi connectivity index (χ1v) is 28.3. The fourth-order valence-corrected chi connectivity index (χ4v) is 10.6. The number of aromatic hydroxyl groups is 1. The molecule has 2 aliphatic carbocycles. The third-order valence-electron chi connectivity index (χ3n) is 10.5. The summed E-state index contributed by atoms with van der Waals surface area (Å²) in [7, 11) is -6.62. The molecule has 0 atom stereocenters. The lowest BCUT2D eigenvalue weighted by molar-refractivity contribution is 0.141. The molecule has 2 aromatic heterocycles. The maximum absolute atomic E-state index is 13.1. The molecule has 410 valence electrons. The van der Waals surface area contributed by atoms with Crippen LogP contribution in [-0.4, -0.2) is 73.8 Å². The maximum atomic E-state index is 13.1. The van der Waals surface area contributed by atoms with Gasteiger partial charge in [-0.15, -0.1) is 47.3 Å². The Kier molecular flexibility index (Phi) is 21.7. The molecule has 2 heterocycles. The zero-order chi connectivity index (χ0) is 55.3. The van der Waals surface area contributed by atoms with Gasteiger partial charge in [0.1, 0.15) is 32.8 Å². The van der Waals surface area contributed by atoms with Crippen molar-refractivity contribution in [1.82, 2.24) is 39.0 Å². The molecule has 0 amide bonds. The number of hydrogen-bond donors (Lipinski definition) is 5. The van der Waals surface area contributed by atoms with E-state index in [0.29, 0.717) is 22.2 Å². The molecular weight excluding hydrogens is 1340 g/mol. The number of sulfonamides is 2. The van der Waals surface area contributed by atoms with Crippen molar-refractivity contribution in [1.29, 1.82) is 0 Å². The Labute approximate surface area is 473 Å². The van der Waals surface area contributed by atoms with E-state index in [1.54, 1.807) is 9.97 Å². The fourth-order valence-electron chi connectivity index (χ4n) is 6.55. The molecule has 76 heavy (non-hydrogen) atoms. The molecule has 34 heteroatoms. The highest BCUT2D eigenvalue weighted by Crippen LogP contribution is 2.42. The summed E-state index contributed by atoms with van der Waals surface area (Å²) in [5, 5.41) is 16.2. The zero-order valence-corrected chi connectivity index (χ0v) is 47.0. The van der Waals surface area contributed by atoms with E-state index in [9.17, 15) is 58.7 Å². The average Bonchev–Trinajstić information content (AvgIpc) is 3.29. The number of phenolic OH excluding ortho intramolecular Hbond substituents is 1. The third kappa shape index (κ3) is 15.4. The number of aromatic amines is 2. The molecule has 5 N–H and O–H groups in total. The van der Waals surface area contributed by atoms with Crippen LogP contribution in [0.4, 0.5) is 17.6 Å². The normalized spacial score (nSPS) is 13.6. The molecule has 8 rings (SSSR count). The van der Waals surface area contributed by atoms with Crippen LogP contribution in [0.3, 0.4) is 0 Å². The van der Waals surface area contributed by atoms with Gasteiger partial charge in [0, 0.05) is 24.2 Å². The van der Waals surface area contributed by atoms with Gasteiger partial charge in [-0.05, 0) is 74.2 Å². The van der Waals surface area contributed by atoms with Crippen LogP contribution in [0.5, 0.6) is 34.5 Å². The maximum Gasteiger partial charge on any atom is 0.369 e. The smallest absolute Gasteiger partial charge is 0.369 e. The van der Waals surface area contributed by atoms with Gasteiger partial charge in [0.15, 0.2) is 22.9 Å². The van der Waals surface area contributed by atoms with Crippen LogP contribution in [0.1, 0.15) is 70.2 Å². The summed E-state index contributed by atoms with van der Waals surface area (Å²) in [6.07, 6.45) is -1.77. The Morgan fingerprint density at radius 2 is 1.01 bits per heavy atom. The number of hydrogen-bond acceptors (Lipinski definition) is 14. The lowest BCUT2D eigenvalue weighted by Crippen LogP contribution is -2.39. The first kappa shape index (κ1) is 62.3. The molecule has 0 unspecified atom stereocenters. The largest absolute Gasteiger partial charge is 0.507 e. The number of methoxy groups -OCH3 is 1. The number of rotatable bonds is 15. The fraction of sp³-hybridized carbons (Fsp3) is 0.286. The van der Waals surface area contributed by atoms with Crippen LogP contribution in [0.2, 0.25) is 20.1 Å². The molecule has 4 aromatic carbocycles. The minimum Gasteiger partial charge on any atom is -0.507 e. The van der Waals surface area contributed by atoms with E-state index in [4.69, 9.17) is 60.6 Å². The zero-order valence-electron chi connectivity index (χ0n) is 37.6. The summed E-state index contributed by atoms with van der Waals surface area (Å²) >= 11 is 34.3. The highest BCUT2D eigenvalue weighted by atomic mass is 79.9. The molecule has 2 fully saturated rings. The van der Waals surface area contributed by atoms with E-state index < -0.39 is 77.4 Å². The molecular formula is C42H38BBr3Cl4F4N8O12S2. The first-order chi connectivity index (χ1) is 35.2. The molecule has 0 spiro atoms. The number of nitrogens with zero attached hydrogens (tertiary/aromatic N) is 4. The van der Waals surface area contributed by atoms with Gasteiger partial charge < -0.3 is 19.3 Å². The highest BCUT2D eigenvalue weighted by molar-refractivity contribution is 9.69. The number of H-pyrrole nitrogens is 2. The summed E-state index contributed by atoms with van der Waals surface area (Å²) in [6.45, 7) is 0. The van der Waals surface area contributed by atoms with E-state index >= 15 is 0 Å². The van der Waals surface area contributed by atoms with Crippen LogP contribution in [0.25, 0.3) is 11.4 Å². The quantitative estimate of drug-likeness (QED) is 0.0473. The monoisotopic (exact) mass is 1370 g/mol. The Morgan fingerprint density at radius 1 is 0.658 bits per heavy atom. The minimum atomic E-state index is -4.03. The van der Waals surface area contributed by atoms with Crippen molar-refractivity contribution in [2.24, 2.45) is 0 Å². The van der Waals surface area contributed by atoms with Crippen molar-refractivity contribution in [3.8, 4) is 45.9 Å². The highest BCUT2D eigenvalue weighted by Gasteiger charge is 2.30. The van der Waals surface area contributed by atoms with Crippen LogP contribution in [0, 0.1) is 0 Å². The van der Waals surface area contributed by atoms with Crippen molar-refractivity contribution in [2.45, 2.75) is 80.7 Å². The van der Waals surface area contributed by atoms with Gasteiger partial charge in [-0.3, -0.25) is 19.6 Å². The number of ether oxygens (including phenoxy) is 3. The third-order valence-corrected chi connectivity index (χ3v) is 14.7. The molecule has 0 saturated heterocycles. The lowest BCUT2D eigenvalue weighted by atomic mass is 9.94. The summed E-state index contributed by atoms with van der Waals surface area (Å²) in [4.78, 5) is 50.2. The number of halogens is 11. The number of alkyl halides is 4. The second-order valence-corrected chi connectivity index (χ2v) is 27.0. The second-order valence-electron chi connectivity index (χ2n) is 15.6. The standard InChI is InChI=1S/C21H18Cl2F2N4O6S.C20H16Cl2F2N4O6S.CH4.BBr3/c1-34-15-6-5-12(9-16(15)36(32,33)28-10-3-2-4-10)35-18-13(22)7-11(8-14(18)23)29-21(31)26-20(30)17(27-29)19(24)25;21-12-6-10(28-20(31)25-19(30)16(26-28)18(23)24)7-13(22)17(12)34-11-4-5-14(29)15(8-11)35(32,33)27-9-2-1-3-9;;2-1(3)4/h5-10,19,28H,2-4H2,1H3,(H,26,30,31);4-9,18,27,29H,1-3H2,(H,25,30,31);1H4;. The van der Waals surface area contributed by atoms with Crippen LogP contribution >= 0.6 is 93.7 Å². The minimum absolute atomic E-state index is 0. The SMILES string of the molecule is BrB(Br)Br.C.COc1ccc(Oc2c(Cl)cc(-n3nc(C(F)F)c(=O)[nH]c3=O)cc2Cl)cc1S(=O)(=O)NC1CCC1.O=c1[nH]c(=O)n(-c2cc(Cl)c(Oc3ccc(O)c(S(=O)(=O)NC4CCC4)c3)c(Cl)c2)nc1C(F)F. The molecule has 20 nitrogen and oxygen atoms in total. The van der Waals surface area contributed by atoms with Gasteiger partial charge in [-0.25, -0.2) is 53.4 Å². The average molecular weight is 1380 g/mol. The Hall–Kier alpha value is -4.50. The van der Waals surface area contributed by atoms with Gasteiger partial charge in [-0.1, -0.05) is 66.7 Å². The van der Waals surface area contributed by atoms with Gasteiger partial charge in [-0.2, -0.15) is 19.6 Å². The summed E-state index contributed by atoms with van der Waals surface area (Å²) in [5.74, 6) is -0.623. The molecule has 0 bridgehead atoms. The lowest BCUT2D eigenvalue weighted by Gasteiger charge is -2.26. The molecule has 2 saturated carbocycles. The van der Waals surface area contributed by atoms with Gasteiger partial charge in [0.05, 0.1) is 38.6 Å². The van der Waals surface area contributed by atoms with E-state index in [-0.39, 0.29) is 87.8 Å². The Bertz CT molecular complexity index is 3550. The Morgan fingerprint density at radius 3 is 1.36 bits per heavy atom. The van der Waals surface area contributed by atoms with Crippen LogP contribution < -0.4 is 46.2 Å². The summed E-state index contributed by atoms with van der Waals surface area (Å²) < 4.78 is 126. The first-order valence-electron chi connectivity index (χ1n) is 21.1. The second kappa shape index (κ2) is 26.4. The van der Waals surface area contributed by atoms with E-state index in [1.807, 2.05) is 0 Å². The predicted octanol–water partition coefficient (Wildman–Crippen LogP) is 10.1. The number of nitrogens with one attached hydrogen (secondary N) is 4. The summed E-state index contributed by atoms with van der Waals surface area (Å²) in [6, 6.07) is 11.8. The Balaban J connectivity index is 0.000000259. The summed E-state index contributed by atoms with van der Waals surface area (Å²) in [5.41, 5.74) is -7.45. The molecule has 0 radical (unpaired) electrons. The molecule has 0 aliphatic heterocycles. The van der Waals surface area contributed by atoms with E-state index in [1.165, 1.54) is 31.4 Å². The topological polar surface area (TPSA) is 276 Å². The van der Waals surface area contributed by atoms with Crippen molar-refractivity contribution in [3.05, 3.63) is 134 Å². The van der Waals surface area contributed by atoms with Crippen LogP contribution in [0.15, 0.2) is 89.6 Å². The van der Waals surface area contributed by atoms with E-state index in [0.717, 1.165) is 62.1 Å². The van der Waals surface area contributed by atoms with Crippen LogP contribution in [-0.2, 0) is 20.0 Å². The van der Waals surface area contributed by atoms with Gasteiger partial charge >= 0.3 is 14.6 Å². The number of phenols is 1. The molecule has 2 aliphatic rings. The molecule has 6 aromatic rings. The van der Waals surface area contributed by atoms with Gasteiger partial charge in [0.2, 0.25) is 20.0 Å². The number of aromatic nitrogens is 6. The predicted molar refractivity (Wildman–Crippen MR) is 287 cm³/mol.